The fourth-order valence-corrected chi connectivity index (χ4v) is 5.87. The van der Waals surface area contributed by atoms with Crippen molar-refractivity contribution in [1.29, 1.82) is 0 Å². The first-order valence-electron chi connectivity index (χ1n) is 13.0. The SMILES string of the molecule is COC(=O)[C@@H]1C[C@H](n2cc(-c3cccc(Cl)c3Cl)nn2)CN1C(=O)c1ccc(N2C(=O)c3ccccc3C2=O)cc1C. The van der Waals surface area contributed by atoms with Gasteiger partial charge in [-0.15, -0.1) is 5.10 Å². The predicted molar refractivity (Wildman–Crippen MR) is 155 cm³/mol. The van der Waals surface area contributed by atoms with Gasteiger partial charge >= 0.3 is 5.97 Å². The number of likely N-dealkylation sites (tertiary alicyclic amines) is 1. The van der Waals surface area contributed by atoms with E-state index in [9.17, 15) is 19.2 Å². The van der Waals surface area contributed by atoms with Crippen molar-refractivity contribution in [3.8, 4) is 11.3 Å². The van der Waals surface area contributed by atoms with E-state index in [4.69, 9.17) is 27.9 Å². The number of imide groups is 1. The lowest BCUT2D eigenvalue weighted by Gasteiger charge is -2.24. The van der Waals surface area contributed by atoms with Crippen LogP contribution in [0.4, 0.5) is 5.69 Å². The molecule has 2 aliphatic rings. The average Bonchev–Trinajstić information content (AvgIpc) is 3.71. The summed E-state index contributed by atoms with van der Waals surface area (Å²) in [7, 11) is 1.27. The van der Waals surface area contributed by atoms with Crippen LogP contribution in [0.1, 0.15) is 49.1 Å². The molecule has 10 nitrogen and oxygen atoms in total. The van der Waals surface area contributed by atoms with Crippen LogP contribution in [0.5, 0.6) is 0 Å². The van der Waals surface area contributed by atoms with Gasteiger partial charge in [0.15, 0.2) is 0 Å². The number of aromatic nitrogens is 3. The zero-order chi connectivity index (χ0) is 29.7. The third-order valence-corrected chi connectivity index (χ3v) is 8.44. The van der Waals surface area contributed by atoms with Crippen LogP contribution in [0.3, 0.4) is 0 Å². The van der Waals surface area contributed by atoms with E-state index in [2.05, 4.69) is 10.3 Å². The lowest BCUT2D eigenvalue weighted by Crippen LogP contribution is -2.41. The van der Waals surface area contributed by atoms with Gasteiger partial charge in [0.05, 0.1) is 46.2 Å². The van der Waals surface area contributed by atoms with Crippen LogP contribution < -0.4 is 4.90 Å². The number of ether oxygens (including phenoxy) is 1. The summed E-state index contributed by atoms with van der Waals surface area (Å²) in [4.78, 5) is 55.0. The Morgan fingerprint density at radius 3 is 2.31 bits per heavy atom. The van der Waals surface area contributed by atoms with Crippen molar-refractivity contribution in [3.63, 3.8) is 0 Å². The van der Waals surface area contributed by atoms with Crippen LogP contribution in [0.25, 0.3) is 11.3 Å². The highest BCUT2D eigenvalue weighted by Crippen LogP contribution is 2.35. The van der Waals surface area contributed by atoms with Gasteiger partial charge < -0.3 is 9.64 Å². The number of esters is 1. The molecule has 42 heavy (non-hydrogen) atoms. The number of anilines is 1. The normalized spacial score (nSPS) is 18.0. The van der Waals surface area contributed by atoms with Gasteiger partial charge in [0.25, 0.3) is 17.7 Å². The average molecular weight is 604 g/mol. The molecule has 3 amide bonds. The van der Waals surface area contributed by atoms with E-state index in [-0.39, 0.29) is 19.0 Å². The van der Waals surface area contributed by atoms with Gasteiger partial charge in [-0.2, -0.15) is 0 Å². The first kappa shape index (κ1) is 27.6. The molecule has 1 saturated heterocycles. The minimum Gasteiger partial charge on any atom is -0.467 e. The van der Waals surface area contributed by atoms with Crippen LogP contribution >= 0.6 is 23.2 Å². The first-order valence-corrected chi connectivity index (χ1v) is 13.8. The number of rotatable bonds is 5. The smallest absolute Gasteiger partial charge is 0.328 e. The Balaban J connectivity index is 1.26. The van der Waals surface area contributed by atoms with Crippen molar-refractivity contribution >= 4 is 52.6 Å². The monoisotopic (exact) mass is 603 g/mol. The van der Waals surface area contributed by atoms with Gasteiger partial charge in [-0.25, -0.2) is 14.4 Å². The number of carbonyl (C=O) groups is 4. The Hall–Kier alpha value is -4.54. The van der Waals surface area contributed by atoms with Gasteiger partial charge in [0, 0.05) is 24.1 Å². The number of fused-ring (bicyclic) bond motifs is 1. The molecule has 0 unspecified atom stereocenters. The lowest BCUT2D eigenvalue weighted by atomic mass is 10.1. The van der Waals surface area contributed by atoms with E-state index < -0.39 is 29.7 Å². The van der Waals surface area contributed by atoms with E-state index in [0.717, 1.165) is 4.90 Å². The van der Waals surface area contributed by atoms with Gasteiger partial charge in [0.1, 0.15) is 11.7 Å². The third kappa shape index (κ3) is 4.53. The Bertz CT molecular complexity index is 1750. The summed E-state index contributed by atoms with van der Waals surface area (Å²) in [6, 6.07) is 15.3. The van der Waals surface area contributed by atoms with Crippen molar-refractivity contribution in [2.75, 3.05) is 18.6 Å². The Kier molecular flexibility index (Phi) is 7.04. The molecule has 212 valence electrons. The number of halogens is 2. The fraction of sp³-hybridized carbons (Fsp3) is 0.200. The molecule has 4 aromatic rings. The van der Waals surface area contributed by atoms with E-state index >= 15 is 0 Å². The minimum absolute atomic E-state index is 0.171. The van der Waals surface area contributed by atoms with Crippen LogP contribution in [0, 0.1) is 6.92 Å². The molecule has 3 aromatic carbocycles. The highest BCUT2D eigenvalue weighted by molar-refractivity contribution is 6.43. The van der Waals surface area contributed by atoms with Crippen molar-refractivity contribution in [3.05, 3.63) is 99.2 Å². The van der Waals surface area contributed by atoms with E-state index in [1.807, 2.05) is 0 Å². The largest absolute Gasteiger partial charge is 0.467 e. The predicted octanol–water partition coefficient (Wildman–Crippen LogP) is 4.99. The molecule has 0 spiro atoms. The maximum atomic E-state index is 13.8. The fourth-order valence-electron chi connectivity index (χ4n) is 5.47. The zero-order valence-corrected chi connectivity index (χ0v) is 24.0. The number of hydrogen-bond acceptors (Lipinski definition) is 7. The number of methoxy groups -OCH3 is 1. The molecule has 2 atom stereocenters. The topological polar surface area (TPSA) is 115 Å². The molecule has 0 aliphatic carbocycles. The molecular weight excluding hydrogens is 581 g/mol. The van der Waals surface area contributed by atoms with Gasteiger partial charge in [-0.05, 0) is 48.9 Å². The lowest BCUT2D eigenvalue weighted by molar-refractivity contribution is -0.145. The summed E-state index contributed by atoms with van der Waals surface area (Å²) >= 11 is 12.5. The maximum Gasteiger partial charge on any atom is 0.328 e. The second-order valence-electron chi connectivity index (χ2n) is 10.1. The zero-order valence-electron chi connectivity index (χ0n) is 22.5. The second-order valence-corrected chi connectivity index (χ2v) is 10.8. The summed E-state index contributed by atoms with van der Waals surface area (Å²) in [6.45, 7) is 1.89. The Morgan fingerprint density at radius 2 is 1.64 bits per heavy atom. The van der Waals surface area contributed by atoms with Crippen LogP contribution in [0.15, 0.2) is 66.9 Å². The van der Waals surface area contributed by atoms with E-state index in [1.54, 1.807) is 78.5 Å². The Labute approximate surface area is 250 Å². The van der Waals surface area contributed by atoms with Crippen molar-refractivity contribution in [2.24, 2.45) is 0 Å². The molecule has 6 rings (SSSR count). The number of amides is 3. The van der Waals surface area contributed by atoms with Gasteiger partial charge in [0.2, 0.25) is 0 Å². The van der Waals surface area contributed by atoms with Crippen LogP contribution in [-0.2, 0) is 9.53 Å². The van der Waals surface area contributed by atoms with Crippen LogP contribution in [-0.4, -0.2) is 63.3 Å². The van der Waals surface area contributed by atoms with Gasteiger partial charge in [-0.1, -0.05) is 52.7 Å². The summed E-state index contributed by atoms with van der Waals surface area (Å²) in [5.41, 5.74) is 3.00. The molecular formula is C30H23Cl2N5O5. The number of nitrogens with zero attached hydrogens (tertiary/aromatic N) is 5. The summed E-state index contributed by atoms with van der Waals surface area (Å²) < 4.78 is 6.62. The highest BCUT2D eigenvalue weighted by Gasteiger charge is 2.42. The molecule has 0 bridgehead atoms. The van der Waals surface area contributed by atoms with Crippen molar-refractivity contribution in [2.45, 2.75) is 25.4 Å². The molecule has 12 heteroatoms. The van der Waals surface area contributed by atoms with Gasteiger partial charge in [-0.3, -0.25) is 14.4 Å². The third-order valence-electron chi connectivity index (χ3n) is 7.62. The van der Waals surface area contributed by atoms with E-state index in [0.29, 0.717) is 49.2 Å². The molecule has 0 radical (unpaired) electrons. The summed E-state index contributed by atoms with van der Waals surface area (Å²) in [5, 5.41) is 9.21. The molecule has 0 N–H and O–H groups in total. The number of hydrogen-bond donors (Lipinski definition) is 0. The summed E-state index contributed by atoms with van der Waals surface area (Å²) in [6.07, 6.45) is 1.96. The van der Waals surface area contributed by atoms with Crippen molar-refractivity contribution < 1.29 is 23.9 Å². The molecule has 1 fully saturated rings. The quantitative estimate of drug-likeness (QED) is 0.233. The summed E-state index contributed by atoms with van der Waals surface area (Å²) in [5.74, 6) is -1.79. The Morgan fingerprint density at radius 1 is 0.952 bits per heavy atom. The molecule has 1 aromatic heterocycles. The number of benzene rings is 3. The van der Waals surface area contributed by atoms with E-state index in [1.165, 1.54) is 12.0 Å². The standard InChI is InChI=1S/C30H23Cl2N5O5/c1-16-12-17(37-28(39)20-6-3-4-7-21(20)29(37)40)10-11-19(16)27(38)35-14-18(13-25(35)30(41)42-2)36-15-24(33-34-36)22-8-5-9-23(31)26(22)32/h3-12,15,18,25H,13-14H2,1-2H3/t18-,25-/m0/s1. The molecule has 2 aliphatic heterocycles. The number of carbonyl (C=O) groups excluding carboxylic acids is 4. The van der Waals surface area contributed by atoms with Crippen LogP contribution in [0.2, 0.25) is 10.0 Å². The minimum atomic E-state index is -0.856. The molecule has 0 saturated carbocycles. The number of aryl methyl sites for hydroxylation is 1. The maximum absolute atomic E-state index is 13.8. The van der Waals surface area contributed by atoms with Crippen molar-refractivity contribution in [1.82, 2.24) is 19.9 Å². The molecule has 3 heterocycles. The highest BCUT2D eigenvalue weighted by atomic mass is 35.5. The first-order chi connectivity index (χ1) is 20.2. The second kappa shape index (κ2) is 10.7.